The van der Waals surface area contributed by atoms with Crippen molar-refractivity contribution in [2.24, 2.45) is 0 Å². The van der Waals surface area contributed by atoms with Gasteiger partial charge in [0.1, 0.15) is 0 Å². The summed E-state index contributed by atoms with van der Waals surface area (Å²) in [5.74, 6) is 0. The SMILES string of the molecule is c1ccc(-c2c(-c3ccccc3)c3cc(N(c4ccc(-c5cccc6ccccc56)cc4)c4cccc5c4-c4ccccc4C5(c4ccccc4)c4ccccc4)ccc3c3ccccc23)cc1. The monoisotopic (exact) mass is 863 g/mol. The predicted molar refractivity (Wildman–Crippen MR) is 287 cm³/mol. The number of rotatable bonds is 8. The highest BCUT2D eigenvalue weighted by molar-refractivity contribution is 6.22. The first-order valence-corrected chi connectivity index (χ1v) is 23.6. The first-order valence-electron chi connectivity index (χ1n) is 23.6. The van der Waals surface area contributed by atoms with Crippen LogP contribution in [0.15, 0.2) is 273 Å². The molecule has 1 aliphatic rings. The van der Waals surface area contributed by atoms with Gasteiger partial charge in [0.05, 0.1) is 11.1 Å². The molecule has 1 heteroatoms. The van der Waals surface area contributed by atoms with Gasteiger partial charge in [-0.3, -0.25) is 0 Å². The van der Waals surface area contributed by atoms with Crippen LogP contribution in [0, 0.1) is 0 Å². The highest BCUT2D eigenvalue weighted by Crippen LogP contribution is 2.60. The van der Waals surface area contributed by atoms with E-state index in [0.29, 0.717) is 0 Å². The van der Waals surface area contributed by atoms with Crippen LogP contribution in [-0.4, -0.2) is 0 Å². The molecule has 0 N–H and O–H groups in total. The third-order valence-electron chi connectivity index (χ3n) is 14.3. The van der Waals surface area contributed by atoms with Gasteiger partial charge in [-0.2, -0.15) is 0 Å². The molecule has 0 aliphatic heterocycles. The Morgan fingerprint density at radius 2 is 0.750 bits per heavy atom. The van der Waals surface area contributed by atoms with Crippen molar-refractivity contribution < 1.29 is 0 Å². The highest BCUT2D eigenvalue weighted by atomic mass is 15.1. The number of hydrogen-bond acceptors (Lipinski definition) is 1. The lowest BCUT2D eigenvalue weighted by molar-refractivity contribution is 0.768. The van der Waals surface area contributed by atoms with Crippen molar-refractivity contribution in [3.63, 3.8) is 0 Å². The molecule has 0 bridgehead atoms. The third kappa shape index (κ3) is 6.17. The van der Waals surface area contributed by atoms with E-state index in [9.17, 15) is 0 Å². The summed E-state index contributed by atoms with van der Waals surface area (Å²) < 4.78 is 0. The Hall–Kier alpha value is -8.78. The third-order valence-corrected chi connectivity index (χ3v) is 14.3. The summed E-state index contributed by atoms with van der Waals surface area (Å²) in [6, 6.07) is 101. The van der Waals surface area contributed by atoms with E-state index < -0.39 is 5.41 Å². The Kier molecular flexibility index (Phi) is 9.47. The Labute approximate surface area is 397 Å². The zero-order valence-corrected chi connectivity index (χ0v) is 37.4. The fourth-order valence-electron chi connectivity index (χ4n) is 11.5. The first-order chi connectivity index (χ1) is 33.8. The van der Waals surface area contributed by atoms with Crippen LogP contribution in [0.4, 0.5) is 17.1 Å². The molecule has 0 spiro atoms. The van der Waals surface area contributed by atoms with E-state index in [0.717, 1.165) is 17.1 Å². The van der Waals surface area contributed by atoms with Crippen molar-refractivity contribution in [2.45, 2.75) is 5.41 Å². The number of anilines is 3. The van der Waals surface area contributed by atoms with Crippen molar-refractivity contribution in [1.82, 2.24) is 0 Å². The number of nitrogens with zero attached hydrogens (tertiary/aromatic N) is 1. The van der Waals surface area contributed by atoms with Crippen LogP contribution in [0.5, 0.6) is 0 Å². The molecular weight excluding hydrogens is 819 g/mol. The molecule has 318 valence electrons. The Bertz CT molecular complexity index is 3780. The topological polar surface area (TPSA) is 3.24 Å². The number of hydrogen-bond donors (Lipinski definition) is 0. The van der Waals surface area contributed by atoms with Gasteiger partial charge in [-0.25, -0.2) is 0 Å². The molecule has 0 atom stereocenters. The average molecular weight is 864 g/mol. The molecule has 12 aromatic carbocycles. The van der Waals surface area contributed by atoms with E-state index >= 15 is 0 Å². The smallest absolute Gasteiger partial charge is 0.0714 e. The van der Waals surface area contributed by atoms with Crippen LogP contribution < -0.4 is 4.90 Å². The summed E-state index contributed by atoms with van der Waals surface area (Å²) in [6.07, 6.45) is 0. The van der Waals surface area contributed by atoms with Gasteiger partial charge in [0.2, 0.25) is 0 Å². The molecule has 0 amide bonds. The summed E-state index contributed by atoms with van der Waals surface area (Å²) in [6.45, 7) is 0. The minimum Gasteiger partial charge on any atom is -0.310 e. The van der Waals surface area contributed by atoms with E-state index in [-0.39, 0.29) is 0 Å². The van der Waals surface area contributed by atoms with Crippen LogP contribution in [0.1, 0.15) is 22.3 Å². The molecule has 68 heavy (non-hydrogen) atoms. The molecule has 13 rings (SSSR count). The van der Waals surface area contributed by atoms with Crippen LogP contribution in [-0.2, 0) is 5.41 Å². The van der Waals surface area contributed by atoms with Crippen LogP contribution >= 0.6 is 0 Å². The largest absolute Gasteiger partial charge is 0.310 e. The summed E-state index contributed by atoms with van der Waals surface area (Å²) in [5, 5.41) is 7.41. The van der Waals surface area contributed by atoms with Gasteiger partial charge >= 0.3 is 0 Å². The van der Waals surface area contributed by atoms with Crippen molar-refractivity contribution in [1.29, 1.82) is 0 Å². The Balaban J connectivity index is 1.12. The Morgan fingerprint density at radius 3 is 1.44 bits per heavy atom. The second-order valence-electron chi connectivity index (χ2n) is 17.9. The molecule has 0 fully saturated rings. The van der Waals surface area contributed by atoms with Gasteiger partial charge in [0.25, 0.3) is 0 Å². The van der Waals surface area contributed by atoms with E-state index in [2.05, 4.69) is 278 Å². The molecule has 1 nitrogen and oxygen atoms in total. The second-order valence-corrected chi connectivity index (χ2v) is 17.9. The zero-order valence-electron chi connectivity index (χ0n) is 37.4. The number of benzene rings is 12. The standard InChI is InChI=1S/C67H45N/c1-5-22-48(23-6-1)64-58-33-16-15-32-56(58)57-44-43-53(45-60(57)65(64)49-24-7-2-8-25-49)68(52-41-39-47(40-42-52)55-35-19-26-46-21-13-14-31-54(46)55)63-38-20-37-62-66(63)59-34-17-18-36-61(59)67(62,50-27-9-3-10-28-50)51-29-11-4-12-30-51/h1-45H. The summed E-state index contributed by atoms with van der Waals surface area (Å²) in [7, 11) is 0. The lowest BCUT2D eigenvalue weighted by atomic mass is 9.68. The highest BCUT2D eigenvalue weighted by Gasteiger charge is 2.47. The maximum absolute atomic E-state index is 2.51. The first kappa shape index (κ1) is 39.6. The lowest BCUT2D eigenvalue weighted by Gasteiger charge is -2.34. The van der Waals surface area contributed by atoms with Crippen LogP contribution in [0.25, 0.3) is 76.8 Å². The number of fused-ring (bicyclic) bond motifs is 7. The van der Waals surface area contributed by atoms with E-state index in [4.69, 9.17) is 0 Å². The minimum atomic E-state index is -0.540. The van der Waals surface area contributed by atoms with Gasteiger partial charge in [-0.1, -0.05) is 243 Å². The van der Waals surface area contributed by atoms with Gasteiger partial charge in [0, 0.05) is 16.9 Å². The predicted octanol–water partition coefficient (Wildman–Crippen LogP) is 18.0. The molecule has 0 unspecified atom stereocenters. The molecule has 0 saturated carbocycles. The van der Waals surface area contributed by atoms with Crippen molar-refractivity contribution >= 4 is 49.4 Å². The van der Waals surface area contributed by atoms with Gasteiger partial charge in [0.15, 0.2) is 0 Å². The minimum absolute atomic E-state index is 0.540. The fraction of sp³-hybridized carbons (Fsp3) is 0.0149. The molecule has 0 heterocycles. The van der Waals surface area contributed by atoms with Crippen molar-refractivity contribution in [2.75, 3.05) is 4.90 Å². The van der Waals surface area contributed by atoms with Crippen molar-refractivity contribution in [3.8, 4) is 44.5 Å². The molecule has 0 aromatic heterocycles. The van der Waals surface area contributed by atoms with E-state index in [1.54, 1.807) is 0 Å². The average Bonchev–Trinajstić information content (AvgIpc) is 3.73. The maximum Gasteiger partial charge on any atom is 0.0714 e. The molecule has 0 saturated heterocycles. The fourth-order valence-corrected chi connectivity index (χ4v) is 11.5. The Morgan fingerprint density at radius 1 is 0.265 bits per heavy atom. The normalized spacial score (nSPS) is 12.5. The molecular formula is C67H45N. The quantitative estimate of drug-likeness (QED) is 0.138. The summed E-state index contributed by atoms with van der Waals surface area (Å²) >= 11 is 0. The molecule has 12 aromatic rings. The second kappa shape index (κ2) is 16.3. The zero-order chi connectivity index (χ0) is 45.0. The molecule has 1 aliphatic carbocycles. The summed E-state index contributed by atoms with van der Waals surface area (Å²) in [4.78, 5) is 2.51. The summed E-state index contributed by atoms with van der Waals surface area (Å²) in [5.41, 5.74) is 17.6. The maximum atomic E-state index is 2.51. The van der Waals surface area contributed by atoms with Crippen LogP contribution in [0.2, 0.25) is 0 Å². The molecule has 0 radical (unpaired) electrons. The van der Waals surface area contributed by atoms with E-state index in [1.165, 1.54) is 99.1 Å². The van der Waals surface area contributed by atoms with Crippen LogP contribution in [0.3, 0.4) is 0 Å². The van der Waals surface area contributed by atoms with E-state index in [1.807, 2.05) is 0 Å². The van der Waals surface area contributed by atoms with Gasteiger partial charge in [-0.05, 0) is 124 Å². The van der Waals surface area contributed by atoms with Gasteiger partial charge in [-0.15, -0.1) is 0 Å². The lowest BCUT2D eigenvalue weighted by Crippen LogP contribution is -2.28. The van der Waals surface area contributed by atoms with Crippen molar-refractivity contribution in [3.05, 3.63) is 295 Å². The van der Waals surface area contributed by atoms with Gasteiger partial charge < -0.3 is 4.90 Å².